The molecular weight excluding hydrogens is 398 g/mol. The van der Waals surface area contributed by atoms with Gasteiger partial charge in [-0.25, -0.2) is 18.9 Å². The van der Waals surface area contributed by atoms with Crippen LogP contribution >= 0.6 is 0 Å². The number of rotatable bonds is 6. The molecule has 0 spiro atoms. The molecule has 0 saturated carbocycles. The molecule has 9 nitrogen and oxygen atoms in total. The van der Waals surface area contributed by atoms with Gasteiger partial charge in [0.1, 0.15) is 23.9 Å². The van der Waals surface area contributed by atoms with Gasteiger partial charge in [0.15, 0.2) is 5.65 Å². The van der Waals surface area contributed by atoms with Crippen molar-refractivity contribution in [2.24, 2.45) is 0 Å². The Kier molecular flexibility index (Phi) is 5.40. The average molecular weight is 419 g/mol. The topological polar surface area (TPSA) is 99.8 Å². The Bertz CT molecular complexity index is 1290. The summed E-state index contributed by atoms with van der Waals surface area (Å²) in [7, 11) is 3.16. The highest BCUT2D eigenvalue weighted by molar-refractivity contribution is 5.90. The van der Waals surface area contributed by atoms with Gasteiger partial charge in [-0.1, -0.05) is 0 Å². The highest BCUT2D eigenvalue weighted by Gasteiger charge is 2.16. The first kappa shape index (κ1) is 20.1. The molecule has 1 amide bonds. The molecular formula is C22H21N5O4. The zero-order valence-corrected chi connectivity index (χ0v) is 17.3. The predicted molar refractivity (Wildman–Crippen MR) is 116 cm³/mol. The summed E-state index contributed by atoms with van der Waals surface area (Å²) in [6, 6.07) is 15.8. The quantitative estimate of drug-likeness (QED) is 0.516. The lowest BCUT2D eigenvalue weighted by atomic mass is 10.2. The zero-order chi connectivity index (χ0) is 22.0. The number of hydrogen-bond acceptors (Lipinski definition) is 6. The average Bonchev–Trinajstić information content (AvgIpc) is 3.08. The maximum Gasteiger partial charge on any atom is 0.352 e. The summed E-state index contributed by atoms with van der Waals surface area (Å²) < 4.78 is 12.8. The Labute approximate surface area is 177 Å². The monoisotopic (exact) mass is 419 g/mol. The molecule has 0 bridgehead atoms. The molecule has 0 saturated heterocycles. The Balaban J connectivity index is 1.65. The number of benzene rings is 2. The number of carbonyl (C=O) groups is 1. The van der Waals surface area contributed by atoms with E-state index >= 15 is 0 Å². The van der Waals surface area contributed by atoms with Crippen molar-refractivity contribution in [3.05, 3.63) is 70.8 Å². The van der Waals surface area contributed by atoms with E-state index in [4.69, 9.17) is 9.47 Å². The minimum atomic E-state index is -0.446. The molecule has 4 rings (SSSR count). The Morgan fingerprint density at radius 3 is 2.23 bits per heavy atom. The van der Waals surface area contributed by atoms with Crippen LogP contribution in [0.4, 0.5) is 5.69 Å². The van der Waals surface area contributed by atoms with Crippen molar-refractivity contribution in [3.63, 3.8) is 0 Å². The molecule has 0 aliphatic carbocycles. The van der Waals surface area contributed by atoms with Gasteiger partial charge < -0.3 is 14.8 Å². The molecule has 4 aromatic rings. The van der Waals surface area contributed by atoms with E-state index in [0.29, 0.717) is 34.4 Å². The number of ether oxygens (including phenoxy) is 2. The van der Waals surface area contributed by atoms with Gasteiger partial charge in [-0.05, 0) is 55.5 Å². The standard InChI is InChI=1S/C22H21N5O4/c1-14-12-19-25-26(13-20(28)24-16-6-10-18(31-3)11-7-16)22(29)27(19)21(23-14)15-4-8-17(30-2)9-5-15/h4-12H,13H2,1-3H3,(H,24,28). The van der Waals surface area contributed by atoms with Crippen molar-refractivity contribution in [1.29, 1.82) is 0 Å². The molecule has 0 aliphatic rings. The minimum absolute atomic E-state index is 0.229. The van der Waals surface area contributed by atoms with Gasteiger partial charge in [-0.3, -0.25) is 4.79 Å². The summed E-state index contributed by atoms with van der Waals surface area (Å²) in [6.07, 6.45) is 0. The van der Waals surface area contributed by atoms with Gasteiger partial charge >= 0.3 is 5.69 Å². The predicted octanol–water partition coefficient (Wildman–Crippen LogP) is 2.52. The second-order valence-corrected chi connectivity index (χ2v) is 6.86. The lowest BCUT2D eigenvalue weighted by Gasteiger charge is -2.06. The van der Waals surface area contributed by atoms with Crippen LogP contribution in [-0.4, -0.2) is 39.3 Å². The van der Waals surface area contributed by atoms with E-state index in [0.717, 1.165) is 10.2 Å². The number of methoxy groups -OCH3 is 2. The number of nitrogens with zero attached hydrogens (tertiary/aromatic N) is 4. The van der Waals surface area contributed by atoms with Gasteiger partial charge in [0, 0.05) is 23.0 Å². The van der Waals surface area contributed by atoms with E-state index in [1.54, 1.807) is 56.7 Å². The molecule has 1 N–H and O–H groups in total. The van der Waals surface area contributed by atoms with Crippen molar-refractivity contribution in [2.75, 3.05) is 19.5 Å². The van der Waals surface area contributed by atoms with Crippen molar-refractivity contribution in [2.45, 2.75) is 13.5 Å². The molecule has 0 radical (unpaired) electrons. The molecule has 9 heteroatoms. The molecule has 31 heavy (non-hydrogen) atoms. The minimum Gasteiger partial charge on any atom is -0.497 e. The number of hydrogen-bond donors (Lipinski definition) is 1. The third-order valence-electron chi connectivity index (χ3n) is 4.71. The fourth-order valence-electron chi connectivity index (χ4n) is 3.20. The smallest absolute Gasteiger partial charge is 0.352 e. The van der Waals surface area contributed by atoms with Crippen molar-refractivity contribution in [3.8, 4) is 22.9 Å². The number of anilines is 1. The molecule has 158 valence electrons. The van der Waals surface area contributed by atoms with Crippen LogP contribution in [0, 0.1) is 6.92 Å². The molecule has 0 unspecified atom stereocenters. The summed E-state index contributed by atoms with van der Waals surface area (Å²) in [5.74, 6) is 1.46. The highest BCUT2D eigenvalue weighted by atomic mass is 16.5. The van der Waals surface area contributed by atoms with E-state index in [1.165, 1.54) is 4.40 Å². The SMILES string of the molecule is COc1ccc(NC(=O)Cn2nc3cc(C)nc(-c4ccc(OC)cc4)n3c2=O)cc1. The first-order valence-electron chi connectivity index (χ1n) is 9.54. The molecule has 2 heterocycles. The van der Waals surface area contributed by atoms with Gasteiger partial charge in [0.25, 0.3) is 0 Å². The summed E-state index contributed by atoms with van der Waals surface area (Å²) in [6.45, 7) is 1.60. The first-order chi connectivity index (χ1) is 15.0. The second kappa shape index (κ2) is 8.31. The third kappa shape index (κ3) is 4.11. The molecule has 2 aromatic carbocycles. The van der Waals surface area contributed by atoms with Gasteiger partial charge in [-0.15, -0.1) is 5.10 Å². The van der Waals surface area contributed by atoms with Crippen molar-refractivity contribution >= 4 is 17.2 Å². The molecule has 2 aromatic heterocycles. The van der Waals surface area contributed by atoms with Crippen LogP contribution in [0.15, 0.2) is 59.4 Å². The van der Waals surface area contributed by atoms with Crippen LogP contribution in [0.3, 0.4) is 0 Å². The summed E-state index contributed by atoms with van der Waals surface area (Å²) in [4.78, 5) is 30.0. The van der Waals surface area contributed by atoms with Crippen LogP contribution in [0.2, 0.25) is 0 Å². The van der Waals surface area contributed by atoms with E-state index < -0.39 is 5.69 Å². The first-order valence-corrected chi connectivity index (χ1v) is 9.54. The maximum atomic E-state index is 13.0. The Hall–Kier alpha value is -4.14. The summed E-state index contributed by atoms with van der Waals surface area (Å²) >= 11 is 0. The number of aromatic nitrogens is 4. The lowest BCUT2D eigenvalue weighted by Crippen LogP contribution is -2.28. The number of aryl methyl sites for hydroxylation is 1. The van der Waals surface area contributed by atoms with Crippen molar-refractivity contribution < 1.29 is 14.3 Å². The summed E-state index contributed by atoms with van der Waals surface area (Å²) in [5.41, 5.74) is 2.01. The fraction of sp³-hybridized carbons (Fsp3) is 0.182. The van der Waals surface area contributed by atoms with E-state index in [1.807, 2.05) is 19.1 Å². The number of amides is 1. The second-order valence-electron chi connectivity index (χ2n) is 6.86. The molecule has 0 atom stereocenters. The van der Waals surface area contributed by atoms with E-state index in [9.17, 15) is 9.59 Å². The Morgan fingerprint density at radius 2 is 1.61 bits per heavy atom. The van der Waals surface area contributed by atoms with Gasteiger partial charge in [-0.2, -0.15) is 0 Å². The fourth-order valence-corrected chi connectivity index (χ4v) is 3.20. The van der Waals surface area contributed by atoms with Crippen LogP contribution in [0.1, 0.15) is 5.69 Å². The van der Waals surface area contributed by atoms with Gasteiger partial charge in [0.05, 0.1) is 14.2 Å². The molecule has 0 aliphatic heterocycles. The van der Waals surface area contributed by atoms with E-state index in [2.05, 4.69) is 15.4 Å². The highest BCUT2D eigenvalue weighted by Crippen LogP contribution is 2.21. The Morgan fingerprint density at radius 1 is 1.00 bits per heavy atom. The van der Waals surface area contributed by atoms with Crippen LogP contribution in [0.25, 0.3) is 17.0 Å². The van der Waals surface area contributed by atoms with Crippen LogP contribution in [-0.2, 0) is 11.3 Å². The zero-order valence-electron chi connectivity index (χ0n) is 17.3. The van der Waals surface area contributed by atoms with Crippen LogP contribution in [0.5, 0.6) is 11.5 Å². The number of carbonyl (C=O) groups excluding carboxylic acids is 1. The molecule has 0 fully saturated rings. The maximum absolute atomic E-state index is 13.0. The number of nitrogens with one attached hydrogen (secondary N) is 1. The van der Waals surface area contributed by atoms with E-state index in [-0.39, 0.29) is 12.5 Å². The third-order valence-corrected chi connectivity index (χ3v) is 4.71. The normalized spacial score (nSPS) is 10.8. The van der Waals surface area contributed by atoms with Gasteiger partial charge in [0.2, 0.25) is 5.91 Å². The lowest BCUT2D eigenvalue weighted by molar-refractivity contribution is -0.117. The van der Waals surface area contributed by atoms with Crippen LogP contribution < -0.4 is 20.5 Å². The largest absolute Gasteiger partial charge is 0.497 e. The summed E-state index contributed by atoms with van der Waals surface area (Å²) in [5, 5.41) is 7.07. The number of fused-ring (bicyclic) bond motifs is 1. The van der Waals surface area contributed by atoms with Crippen molar-refractivity contribution in [1.82, 2.24) is 19.2 Å².